The number of hydrogen-bond acceptors (Lipinski definition) is 3. The van der Waals surface area contributed by atoms with Gasteiger partial charge in [-0.05, 0) is 41.1 Å². The third-order valence-corrected chi connectivity index (χ3v) is 4.86. The normalized spacial score (nSPS) is 10.7. The van der Waals surface area contributed by atoms with Crippen LogP contribution in [0.2, 0.25) is 10.2 Å². The quantitative estimate of drug-likeness (QED) is 0.557. The minimum absolute atomic E-state index is 0.448. The highest BCUT2D eigenvalue weighted by Gasteiger charge is 2.07. The number of thioether (sulfide) groups is 1. The van der Waals surface area contributed by atoms with Crippen molar-refractivity contribution in [2.24, 2.45) is 0 Å². The molecule has 0 amide bonds. The topological polar surface area (TPSA) is 25.8 Å². The van der Waals surface area contributed by atoms with E-state index in [0.717, 1.165) is 20.1 Å². The highest BCUT2D eigenvalue weighted by atomic mass is 79.9. The molecule has 1 aromatic heterocycles. The summed E-state index contributed by atoms with van der Waals surface area (Å²) >= 11 is 16.9. The van der Waals surface area contributed by atoms with Gasteiger partial charge in [0.05, 0.1) is 15.9 Å². The summed E-state index contributed by atoms with van der Waals surface area (Å²) in [5.74, 6) is 1.37. The van der Waals surface area contributed by atoms with Gasteiger partial charge >= 0.3 is 0 Å². The van der Waals surface area contributed by atoms with Crippen molar-refractivity contribution in [3.8, 4) is 0 Å². The van der Waals surface area contributed by atoms with Crippen molar-refractivity contribution in [2.45, 2.75) is 17.6 Å². The van der Waals surface area contributed by atoms with Crippen molar-refractivity contribution < 1.29 is 0 Å². The number of hydrogen-bond donors (Lipinski definition) is 0. The Morgan fingerprint density at radius 1 is 1.28 bits per heavy atom. The second-order valence-electron chi connectivity index (χ2n) is 3.58. The number of aromatic nitrogens is 2. The maximum Gasteiger partial charge on any atom is 0.147 e. The molecule has 0 fully saturated rings. The zero-order chi connectivity index (χ0) is 13.1. The molecular weight excluding hydrogens is 355 g/mol. The summed E-state index contributed by atoms with van der Waals surface area (Å²) in [6, 6.07) is 7.69. The predicted octanol–water partition coefficient (Wildman–Crippen LogP) is 5.15. The summed E-state index contributed by atoms with van der Waals surface area (Å²) in [5.41, 5.74) is 0.844. The van der Waals surface area contributed by atoms with E-state index in [4.69, 9.17) is 23.2 Å². The van der Waals surface area contributed by atoms with Crippen LogP contribution in [0, 0.1) is 6.92 Å². The van der Waals surface area contributed by atoms with Gasteiger partial charge in [-0.2, -0.15) is 0 Å². The van der Waals surface area contributed by atoms with Crippen LogP contribution in [0.5, 0.6) is 0 Å². The van der Waals surface area contributed by atoms with E-state index < -0.39 is 0 Å². The van der Waals surface area contributed by atoms with Crippen LogP contribution in [0.1, 0.15) is 11.5 Å². The molecule has 2 rings (SSSR count). The van der Waals surface area contributed by atoms with Crippen LogP contribution in [-0.4, -0.2) is 9.97 Å². The molecule has 0 saturated heterocycles. The van der Waals surface area contributed by atoms with Crippen LogP contribution in [-0.2, 0) is 5.75 Å². The summed E-state index contributed by atoms with van der Waals surface area (Å²) in [7, 11) is 0. The fourth-order valence-corrected chi connectivity index (χ4v) is 2.83. The highest BCUT2D eigenvalue weighted by Crippen LogP contribution is 2.27. The van der Waals surface area contributed by atoms with Crippen molar-refractivity contribution in [1.82, 2.24) is 9.97 Å². The van der Waals surface area contributed by atoms with Crippen LogP contribution < -0.4 is 0 Å². The number of halogens is 3. The molecule has 0 radical (unpaired) electrons. The Kier molecular flexibility index (Phi) is 4.90. The molecule has 0 N–H and O–H groups in total. The molecule has 94 valence electrons. The molecule has 2 nitrogen and oxygen atoms in total. The molecule has 0 atom stereocenters. The van der Waals surface area contributed by atoms with Gasteiger partial charge in [0, 0.05) is 9.92 Å². The van der Waals surface area contributed by atoms with Crippen LogP contribution in [0.4, 0.5) is 0 Å². The molecule has 1 aromatic carbocycles. The van der Waals surface area contributed by atoms with E-state index in [0.29, 0.717) is 16.7 Å². The average Bonchev–Trinajstić information content (AvgIpc) is 2.33. The molecule has 18 heavy (non-hydrogen) atoms. The maximum atomic E-state index is 6.00. The first-order chi connectivity index (χ1) is 8.56. The lowest BCUT2D eigenvalue weighted by Crippen LogP contribution is -1.97. The molecule has 0 saturated carbocycles. The lowest BCUT2D eigenvalue weighted by molar-refractivity contribution is 0.984. The lowest BCUT2D eigenvalue weighted by atomic mass is 10.4. The molecule has 0 aliphatic rings. The molecule has 0 aliphatic carbocycles. The fraction of sp³-hybridized carbons (Fsp3) is 0.167. The summed E-state index contributed by atoms with van der Waals surface area (Å²) in [5, 5.41) is 1.18. The van der Waals surface area contributed by atoms with Crippen LogP contribution in [0.15, 0.2) is 33.6 Å². The van der Waals surface area contributed by atoms with Gasteiger partial charge in [-0.3, -0.25) is 0 Å². The lowest BCUT2D eigenvalue weighted by Gasteiger charge is -2.05. The zero-order valence-electron chi connectivity index (χ0n) is 9.45. The second kappa shape index (κ2) is 6.24. The summed E-state index contributed by atoms with van der Waals surface area (Å²) in [6.45, 7) is 1.89. The monoisotopic (exact) mass is 362 g/mol. The minimum atomic E-state index is 0.448. The fourth-order valence-electron chi connectivity index (χ4n) is 1.35. The van der Waals surface area contributed by atoms with Crippen molar-refractivity contribution in [3.63, 3.8) is 0 Å². The zero-order valence-corrected chi connectivity index (χ0v) is 13.4. The summed E-state index contributed by atoms with van der Waals surface area (Å²) in [6.07, 6.45) is 0. The molecular formula is C12H9BrCl2N2S. The predicted molar refractivity (Wildman–Crippen MR) is 80.5 cm³/mol. The SMILES string of the molecule is Cc1nc(CSc2cccc(Cl)c2)nc(Cl)c1Br. The van der Waals surface area contributed by atoms with Crippen molar-refractivity contribution in [3.05, 3.63) is 50.4 Å². The van der Waals surface area contributed by atoms with Gasteiger partial charge in [-0.15, -0.1) is 11.8 Å². The molecule has 6 heteroatoms. The van der Waals surface area contributed by atoms with Gasteiger partial charge in [0.25, 0.3) is 0 Å². The summed E-state index contributed by atoms with van der Waals surface area (Å²) in [4.78, 5) is 9.69. The molecule has 2 aromatic rings. The first-order valence-electron chi connectivity index (χ1n) is 5.13. The second-order valence-corrected chi connectivity index (χ2v) is 6.21. The molecule has 0 aliphatic heterocycles. The van der Waals surface area contributed by atoms with Gasteiger partial charge < -0.3 is 0 Å². The molecule has 1 heterocycles. The smallest absolute Gasteiger partial charge is 0.147 e. The maximum absolute atomic E-state index is 6.00. The van der Waals surface area contributed by atoms with Crippen LogP contribution in [0.3, 0.4) is 0 Å². The minimum Gasteiger partial charge on any atom is -0.236 e. The standard InChI is InChI=1S/C12H9BrCl2N2S/c1-7-11(13)12(15)17-10(16-7)6-18-9-4-2-3-8(14)5-9/h2-5H,6H2,1H3. The number of nitrogens with zero attached hydrogens (tertiary/aromatic N) is 2. The van der Waals surface area contributed by atoms with E-state index in [1.165, 1.54) is 0 Å². The third-order valence-electron chi connectivity index (χ3n) is 2.19. The van der Waals surface area contributed by atoms with Crippen molar-refractivity contribution in [1.29, 1.82) is 0 Å². The third kappa shape index (κ3) is 3.60. The van der Waals surface area contributed by atoms with E-state index >= 15 is 0 Å². The Labute approximate surface area is 128 Å². The van der Waals surface area contributed by atoms with Gasteiger partial charge in [0.15, 0.2) is 0 Å². The Hall–Kier alpha value is -0.290. The largest absolute Gasteiger partial charge is 0.236 e. The Morgan fingerprint density at radius 3 is 2.72 bits per heavy atom. The van der Waals surface area contributed by atoms with Gasteiger partial charge in [0.1, 0.15) is 11.0 Å². The first-order valence-corrected chi connectivity index (χ1v) is 7.66. The molecule has 0 bridgehead atoms. The molecule has 0 spiro atoms. The van der Waals surface area contributed by atoms with Crippen molar-refractivity contribution in [2.75, 3.05) is 0 Å². The van der Waals surface area contributed by atoms with Gasteiger partial charge in [-0.25, -0.2) is 9.97 Å². The number of benzene rings is 1. The Morgan fingerprint density at radius 2 is 2.06 bits per heavy atom. The van der Waals surface area contributed by atoms with E-state index in [1.807, 2.05) is 31.2 Å². The van der Waals surface area contributed by atoms with Gasteiger partial charge in [0.2, 0.25) is 0 Å². The molecule has 0 unspecified atom stereocenters. The Bertz CT molecular complexity index is 555. The van der Waals surface area contributed by atoms with Crippen molar-refractivity contribution >= 4 is 50.9 Å². The van der Waals surface area contributed by atoms with E-state index in [9.17, 15) is 0 Å². The van der Waals surface area contributed by atoms with Crippen LogP contribution in [0.25, 0.3) is 0 Å². The first kappa shape index (κ1) is 14.1. The van der Waals surface area contributed by atoms with E-state index in [-0.39, 0.29) is 0 Å². The summed E-state index contributed by atoms with van der Waals surface area (Å²) < 4.78 is 0.751. The Balaban J connectivity index is 2.11. The van der Waals surface area contributed by atoms with Gasteiger partial charge in [-0.1, -0.05) is 29.3 Å². The average molecular weight is 364 g/mol. The highest BCUT2D eigenvalue weighted by molar-refractivity contribution is 9.10. The van der Waals surface area contributed by atoms with Crippen LogP contribution >= 0.6 is 50.9 Å². The number of rotatable bonds is 3. The number of aryl methyl sites for hydroxylation is 1. The van der Waals surface area contributed by atoms with E-state index in [2.05, 4.69) is 25.9 Å². The van der Waals surface area contributed by atoms with E-state index in [1.54, 1.807) is 11.8 Å².